The minimum Gasteiger partial charge on any atom is -0.506 e. The van der Waals surface area contributed by atoms with Gasteiger partial charge in [0.15, 0.2) is 0 Å². The van der Waals surface area contributed by atoms with E-state index in [0.29, 0.717) is 5.02 Å². The van der Waals surface area contributed by atoms with Gasteiger partial charge in [0.25, 0.3) is 20.0 Å². The third-order valence-electron chi connectivity index (χ3n) is 4.24. The number of benzene rings is 3. The summed E-state index contributed by atoms with van der Waals surface area (Å²) in [6, 6.07) is 15.7. The second kappa shape index (κ2) is 8.55. The Balaban J connectivity index is 1.90. The van der Waals surface area contributed by atoms with Crippen molar-refractivity contribution < 1.29 is 21.9 Å². The number of nitrogens with one attached hydrogen (secondary N) is 2. The smallest absolute Gasteiger partial charge is 0.262 e. The van der Waals surface area contributed by atoms with Crippen LogP contribution < -0.4 is 9.44 Å². The SMILES string of the molecule is CCc1ccc(S(=O)(=O)Nc2cc(S(=O)(=O)Nc3cccc(Cl)c3)ccc2O)cc1. The van der Waals surface area contributed by atoms with Gasteiger partial charge in [-0.25, -0.2) is 16.8 Å². The molecule has 3 rings (SSSR count). The van der Waals surface area contributed by atoms with E-state index in [1.807, 2.05) is 6.92 Å². The number of hydrogen-bond acceptors (Lipinski definition) is 5. The Hall–Kier alpha value is -2.75. The maximum absolute atomic E-state index is 12.7. The predicted octanol–water partition coefficient (Wildman–Crippen LogP) is 4.21. The highest BCUT2D eigenvalue weighted by Crippen LogP contribution is 2.30. The molecule has 3 aromatic carbocycles. The monoisotopic (exact) mass is 466 g/mol. The zero-order valence-electron chi connectivity index (χ0n) is 15.8. The average Bonchev–Trinajstić information content (AvgIpc) is 2.69. The van der Waals surface area contributed by atoms with E-state index < -0.39 is 25.8 Å². The molecule has 0 aliphatic carbocycles. The fourth-order valence-corrected chi connectivity index (χ4v) is 4.97. The van der Waals surface area contributed by atoms with E-state index in [0.717, 1.165) is 30.2 Å². The van der Waals surface area contributed by atoms with Gasteiger partial charge in [-0.2, -0.15) is 0 Å². The minimum atomic E-state index is -4.05. The van der Waals surface area contributed by atoms with Gasteiger partial charge in [0.1, 0.15) is 5.75 Å². The second-order valence-corrected chi connectivity index (χ2v) is 10.2. The molecular weight excluding hydrogens is 448 g/mol. The molecule has 7 nitrogen and oxygen atoms in total. The van der Waals surface area contributed by atoms with Gasteiger partial charge in [0.05, 0.1) is 21.2 Å². The molecule has 3 aromatic rings. The molecule has 0 saturated carbocycles. The molecule has 0 saturated heterocycles. The summed E-state index contributed by atoms with van der Waals surface area (Å²) in [5.41, 5.74) is 0.953. The Morgan fingerprint density at radius 2 is 1.47 bits per heavy atom. The van der Waals surface area contributed by atoms with Crippen molar-refractivity contribution in [2.24, 2.45) is 0 Å². The normalized spacial score (nSPS) is 11.8. The highest BCUT2D eigenvalue weighted by atomic mass is 35.5. The summed E-state index contributed by atoms with van der Waals surface area (Å²) >= 11 is 5.87. The van der Waals surface area contributed by atoms with Gasteiger partial charge in [-0.3, -0.25) is 9.44 Å². The molecule has 0 bridgehead atoms. The molecule has 0 radical (unpaired) electrons. The van der Waals surface area contributed by atoms with E-state index in [-0.39, 0.29) is 21.2 Å². The summed E-state index contributed by atoms with van der Waals surface area (Å²) in [5, 5.41) is 10.4. The van der Waals surface area contributed by atoms with Gasteiger partial charge in [-0.05, 0) is 60.5 Å². The lowest BCUT2D eigenvalue weighted by molar-refractivity contribution is 0.477. The summed E-state index contributed by atoms with van der Waals surface area (Å²) in [4.78, 5) is -0.247. The number of aromatic hydroxyl groups is 1. The molecule has 158 valence electrons. The van der Waals surface area contributed by atoms with E-state index >= 15 is 0 Å². The molecule has 30 heavy (non-hydrogen) atoms. The summed E-state index contributed by atoms with van der Waals surface area (Å²) in [5.74, 6) is -0.412. The third-order valence-corrected chi connectivity index (χ3v) is 7.24. The molecule has 0 spiro atoms. The van der Waals surface area contributed by atoms with Crippen molar-refractivity contribution in [1.82, 2.24) is 0 Å². The van der Waals surface area contributed by atoms with E-state index in [1.54, 1.807) is 24.3 Å². The van der Waals surface area contributed by atoms with Crippen molar-refractivity contribution in [2.75, 3.05) is 9.44 Å². The van der Waals surface area contributed by atoms with Crippen LogP contribution in [0.15, 0.2) is 76.5 Å². The third kappa shape index (κ3) is 5.05. The van der Waals surface area contributed by atoms with Crippen LogP contribution in [0.4, 0.5) is 11.4 Å². The van der Waals surface area contributed by atoms with Crippen LogP contribution >= 0.6 is 11.6 Å². The van der Waals surface area contributed by atoms with Gasteiger partial charge in [-0.15, -0.1) is 0 Å². The van der Waals surface area contributed by atoms with Gasteiger partial charge in [0.2, 0.25) is 0 Å². The summed E-state index contributed by atoms with van der Waals surface area (Å²) in [6.07, 6.45) is 0.758. The van der Waals surface area contributed by atoms with Crippen LogP contribution in [0.25, 0.3) is 0 Å². The van der Waals surface area contributed by atoms with Gasteiger partial charge < -0.3 is 5.11 Å². The van der Waals surface area contributed by atoms with Gasteiger partial charge >= 0.3 is 0 Å². The van der Waals surface area contributed by atoms with Crippen LogP contribution in [-0.2, 0) is 26.5 Å². The molecule has 0 aromatic heterocycles. The number of anilines is 2. The fourth-order valence-electron chi connectivity index (χ4n) is 2.64. The van der Waals surface area contributed by atoms with Crippen LogP contribution in [0.3, 0.4) is 0 Å². The van der Waals surface area contributed by atoms with Crippen molar-refractivity contribution >= 4 is 43.0 Å². The molecule has 0 heterocycles. The quantitative estimate of drug-likeness (QED) is 0.451. The molecule has 0 atom stereocenters. The summed E-state index contributed by atoms with van der Waals surface area (Å²) < 4.78 is 55.2. The molecule has 3 N–H and O–H groups in total. The predicted molar refractivity (Wildman–Crippen MR) is 117 cm³/mol. The lowest BCUT2D eigenvalue weighted by Gasteiger charge is -2.13. The Morgan fingerprint density at radius 1 is 0.833 bits per heavy atom. The van der Waals surface area contributed by atoms with E-state index in [1.165, 1.54) is 24.3 Å². The maximum atomic E-state index is 12.7. The van der Waals surface area contributed by atoms with E-state index in [2.05, 4.69) is 9.44 Å². The van der Waals surface area contributed by atoms with Crippen molar-refractivity contribution in [3.63, 3.8) is 0 Å². The lowest BCUT2D eigenvalue weighted by atomic mass is 10.2. The Labute approximate surface area is 180 Å². The number of rotatable bonds is 7. The van der Waals surface area contributed by atoms with Crippen molar-refractivity contribution in [2.45, 2.75) is 23.1 Å². The van der Waals surface area contributed by atoms with Crippen molar-refractivity contribution in [3.05, 3.63) is 77.3 Å². The molecule has 0 amide bonds. The molecule has 0 fully saturated rings. The maximum Gasteiger partial charge on any atom is 0.262 e. The first-order chi connectivity index (χ1) is 14.1. The van der Waals surface area contributed by atoms with Crippen molar-refractivity contribution in [3.8, 4) is 5.75 Å². The first-order valence-corrected chi connectivity index (χ1v) is 12.2. The molecular formula is C20H19ClN2O5S2. The van der Waals surface area contributed by atoms with Gasteiger partial charge in [0, 0.05) is 5.02 Å². The Bertz CT molecular complexity index is 1270. The minimum absolute atomic E-state index is 0.00980. The van der Waals surface area contributed by atoms with Crippen LogP contribution in [-0.4, -0.2) is 21.9 Å². The number of halogens is 1. The Morgan fingerprint density at radius 3 is 2.10 bits per heavy atom. The fraction of sp³-hybridized carbons (Fsp3) is 0.100. The zero-order chi connectivity index (χ0) is 21.9. The highest BCUT2D eigenvalue weighted by molar-refractivity contribution is 7.93. The average molecular weight is 467 g/mol. The number of hydrogen-bond donors (Lipinski definition) is 3. The summed E-state index contributed by atoms with van der Waals surface area (Å²) in [6.45, 7) is 1.95. The number of sulfonamides is 2. The lowest BCUT2D eigenvalue weighted by Crippen LogP contribution is -2.15. The van der Waals surface area contributed by atoms with Gasteiger partial charge in [-0.1, -0.05) is 36.7 Å². The summed E-state index contributed by atoms with van der Waals surface area (Å²) in [7, 11) is -8.08. The first-order valence-electron chi connectivity index (χ1n) is 8.84. The van der Waals surface area contributed by atoms with Crippen LogP contribution in [0.1, 0.15) is 12.5 Å². The zero-order valence-corrected chi connectivity index (χ0v) is 18.2. The Kier molecular flexibility index (Phi) is 6.25. The molecule has 0 aliphatic rings. The van der Waals surface area contributed by atoms with E-state index in [4.69, 9.17) is 11.6 Å². The second-order valence-electron chi connectivity index (χ2n) is 6.40. The van der Waals surface area contributed by atoms with E-state index in [9.17, 15) is 21.9 Å². The highest BCUT2D eigenvalue weighted by Gasteiger charge is 2.20. The van der Waals surface area contributed by atoms with Crippen LogP contribution in [0.2, 0.25) is 5.02 Å². The molecule has 0 aliphatic heterocycles. The largest absolute Gasteiger partial charge is 0.506 e. The number of aryl methyl sites for hydroxylation is 1. The first kappa shape index (κ1) is 21.9. The van der Waals surface area contributed by atoms with Crippen LogP contribution in [0.5, 0.6) is 5.75 Å². The van der Waals surface area contributed by atoms with Crippen LogP contribution in [0, 0.1) is 0 Å². The van der Waals surface area contributed by atoms with Crippen molar-refractivity contribution in [1.29, 1.82) is 0 Å². The number of phenolic OH excluding ortho intramolecular Hbond substituents is 1. The number of phenols is 1. The standard InChI is InChI=1S/C20H19ClN2O5S2/c1-2-14-6-8-17(9-7-14)29(25,26)23-19-13-18(10-11-20(19)24)30(27,28)22-16-5-3-4-15(21)12-16/h3-13,22-24H,2H2,1H3. The molecule has 0 unspecified atom stereocenters. The topological polar surface area (TPSA) is 113 Å². The molecule has 10 heteroatoms.